The number of nitrogens with one attached hydrogen (secondary N) is 2. The number of carbonyl (C=O) groups excluding carboxylic acids is 1. The Hall–Kier alpha value is -2.86. The van der Waals surface area contributed by atoms with E-state index in [1.807, 2.05) is 30.3 Å². The highest BCUT2D eigenvalue weighted by molar-refractivity contribution is 6.30. The zero-order chi connectivity index (χ0) is 17.9. The number of aromatic nitrogens is 3. The van der Waals surface area contributed by atoms with Gasteiger partial charge in [-0.15, -0.1) is 0 Å². The molecule has 4 rings (SSSR count). The summed E-state index contributed by atoms with van der Waals surface area (Å²) in [6, 6.07) is 13.2. The highest BCUT2D eigenvalue weighted by Gasteiger charge is 2.26. The van der Waals surface area contributed by atoms with Gasteiger partial charge in [0, 0.05) is 48.2 Å². The molecule has 3 aromatic rings. The van der Waals surface area contributed by atoms with E-state index in [-0.39, 0.29) is 11.9 Å². The predicted molar refractivity (Wildman–Crippen MR) is 101 cm³/mol. The summed E-state index contributed by atoms with van der Waals surface area (Å²) in [5.41, 5.74) is 2.61. The Kier molecular flexibility index (Phi) is 4.58. The van der Waals surface area contributed by atoms with Crippen molar-refractivity contribution in [2.45, 2.75) is 12.5 Å². The highest BCUT2D eigenvalue weighted by Crippen LogP contribution is 2.25. The number of nitrogens with zero attached hydrogens (tertiary/aromatic N) is 3. The fourth-order valence-electron chi connectivity index (χ4n) is 3.11. The molecule has 3 heterocycles. The zero-order valence-electron chi connectivity index (χ0n) is 14.0. The minimum absolute atomic E-state index is 0.0665. The van der Waals surface area contributed by atoms with Gasteiger partial charge in [0.05, 0.1) is 5.69 Å². The van der Waals surface area contributed by atoms with Gasteiger partial charge in [0.25, 0.3) is 5.91 Å². The molecule has 0 saturated carbocycles. The van der Waals surface area contributed by atoms with Gasteiger partial charge in [0.15, 0.2) is 5.82 Å². The van der Waals surface area contributed by atoms with E-state index in [1.165, 1.54) is 0 Å². The monoisotopic (exact) mass is 367 g/mol. The number of hydrogen-bond acceptors (Lipinski definition) is 4. The lowest BCUT2D eigenvalue weighted by molar-refractivity contribution is 0.0940. The Morgan fingerprint density at radius 2 is 1.96 bits per heavy atom. The predicted octanol–water partition coefficient (Wildman–Crippen LogP) is 3.13. The summed E-state index contributed by atoms with van der Waals surface area (Å²) in [5.74, 6) is 0.818. The fourth-order valence-corrected chi connectivity index (χ4v) is 3.23. The maximum Gasteiger partial charge on any atom is 0.251 e. The molecule has 0 unspecified atom stereocenters. The van der Waals surface area contributed by atoms with Crippen molar-refractivity contribution in [3.63, 3.8) is 0 Å². The molecule has 1 atom stereocenters. The molecular formula is C19H18ClN5O. The molecule has 2 aromatic heterocycles. The van der Waals surface area contributed by atoms with Gasteiger partial charge in [0.1, 0.15) is 0 Å². The first kappa shape index (κ1) is 16.6. The molecule has 1 amide bonds. The lowest BCUT2D eigenvalue weighted by Gasteiger charge is -2.16. The van der Waals surface area contributed by atoms with Gasteiger partial charge >= 0.3 is 0 Å². The molecule has 0 spiro atoms. The van der Waals surface area contributed by atoms with Crippen LogP contribution in [0, 0.1) is 0 Å². The van der Waals surface area contributed by atoms with E-state index >= 15 is 0 Å². The van der Waals surface area contributed by atoms with Crippen LogP contribution < -0.4 is 10.2 Å². The number of carbonyl (C=O) groups is 1. The number of hydrogen-bond donors (Lipinski definition) is 2. The van der Waals surface area contributed by atoms with Gasteiger partial charge in [-0.1, -0.05) is 23.7 Å². The molecule has 0 bridgehead atoms. The molecule has 132 valence electrons. The van der Waals surface area contributed by atoms with Crippen LogP contribution in [0.3, 0.4) is 0 Å². The SMILES string of the molecule is O=C(N[C@H]1CCN(c2cc(-c3ccc(Cl)cc3)[nH]n2)C1)c1ccncc1. The maximum atomic E-state index is 12.3. The maximum absolute atomic E-state index is 12.3. The highest BCUT2D eigenvalue weighted by atomic mass is 35.5. The molecule has 1 aliphatic rings. The lowest BCUT2D eigenvalue weighted by atomic mass is 10.1. The Morgan fingerprint density at radius 3 is 2.73 bits per heavy atom. The van der Waals surface area contributed by atoms with E-state index in [2.05, 4.69) is 25.4 Å². The van der Waals surface area contributed by atoms with Crippen molar-refractivity contribution in [1.82, 2.24) is 20.5 Å². The van der Waals surface area contributed by atoms with Crippen molar-refractivity contribution in [3.8, 4) is 11.3 Å². The quantitative estimate of drug-likeness (QED) is 0.743. The normalized spacial score (nSPS) is 16.7. The van der Waals surface area contributed by atoms with Crippen molar-refractivity contribution in [2.24, 2.45) is 0 Å². The van der Waals surface area contributed by atoms with Crippen LogP contribution >= 0.6 is 11.6 Å². The molecule has 26 heavy (non-hydrogen) atoms. The summed E-state index contributed by atoms with van der Waals surface area (Å²) in [6.07, 6.45) is 4.13. The van der Waals surface area contributed by atoms with Crippen LogP contribution in [0.25, 0.3) is 11.3 Å². The third kappa shape index (κ3) is 3.55. The van der Waals surface area contributed by atoms with Crippen LogP contribution in [0.15, 0.2) is 54.9 Å². The first-order valence-electron chi connectivity index (χ1n) is 8.46. The zero-order valence-corrected chi connectivity index (χ0v) is 14.8. The number of H-pyrrole nitrogens is 1. The Morgan fingerprint density at radius 1 is 1.19 bits per heavy atom. The standard InChI is InChI=1S/C19H18ClN5O/c20-15-3-1-13(2-4-15)17-11-18(24-23-17)25-10-7-16(12-25)22-19(26)14-5-8-21-9-6-14/h1-6,8-9,11,16H,7,10,12H2,(H,22,26)(H,23,24)/t16-/m0/s1. The largest absolute Gasteiger partial charge is 0.353 e. The summed E-state index contributed by atoms with van der Waals surface area (Å²) in [5, 5.41) is 11.3. The first-order valence-corrected chi connectivity index (χ1v) is 8.84. The second-order valence-corrected chi connectivity index (χ2v) is 6.72. The molecule has 1 aliphatic heterocycles. The number of amides is 1. The van der Waals surface area contributed by atoms with E-state index in [4.69, 9.17) is 11.6 Å². The Balaban J connectivity index is 1.40. The van der Waals surface area contributed by atoms with Crippen LogP contribution in [0.1, 0.15) is 16.8 Å². The Labute approximate surface area is 156 Å². The summed E-state index contributed by atoms with van der Waals surface area (Å²) >= 11 is 5.94. The third-order valence-corrected chi connectivity index (χ3v) is 4.76. The van der Waals surface area contributed by atoms with Crippen LogP contribution in [0.2, 0.25) is 5.02 Å². The second kappa shape index (κ2) is 7.17. The molecule has 6 nitrogen and oxygen atoms in total. The number of anilines is 1. The van der Waals surface area contributed by atoms with Crippen LogP contribution in [-0.2, 0) is 0 Å². The number of aromatic amines is 1. The number of benzene rings is 1. The third-order valence-electron chi connectivity index (χ3n) is 4.51. The second-order valence-electron chi connectivity index (χ2n) is 6.29. The first-order chi connectivity index (χ1) is 12.7. The van der Waals surface area contributed by atoms with Crippen LogP contribution in [0.4, 0.5) is 5.82 Å². The number of rotatable bonds is 4. The summed E-state index contributed by atoms with van der Waals surface area (Å²) < 4.78 is 0. The van der Waals surface area contributed by atoms with E-state index in [9.17, 15) is 4.79 Å². The van der Waals surface area contributed by atoms with Crippen molar-refractivity contribution in [1.29, 1.82) is 0 Å². The van der Waals surface area contributed by atoms with Crippen LogP contribution in [-0.4, -0.2) is 40.2 Å². The van der Waals surface area contributed by atoms with E-state index in [0.29, 0.717) is 10.6 Å². The van der Waals surface area contributed by atoms with E-state index in [0.717, 1.165) is 36.6 Å². The molecule has 1 fully saturated rings. The van der Waals surface area contributed by atoms with Crippen molar-refractivity contribution in [2.75, 3.05) is 18.0 Å². The van der Waals surface area contributed by atoms with Crippen molar-refractivity contribution < 1.29 is 4.79 Å². The van der Waals surface area contributed by atoms with Gasteiger partial charge in [-0.3, -0.25) is 14.9 Å². The lowest BCUT2D eigenvalue weighted by Crippen LogP contribution is -2.37. The molecule has 1 aromatic carbocycles. The van der Waals surface area contributed by atoms with E-state index < -0.39 is 0 Å². The fraction of sp³-hybridized carbons (Fsp3) is 0.211. The van der Waals surface area contributed by atoms with Gasteiger partial charge in [-0.2, -0.15) is 5.10 Å². The smallest absolute Gasteiger partial charge is 0.251 e. The molecule has 1 saturated heterocycles. The molecular weight excluding hydrogens is 350 g/mol. The summed E-state index contributed by atoms with van der Waals surface area (Å²) in [6.45, 7) is 1.59. The van der Waals surface area contributed by atoms with E-state index in [1.54, 1.807) is 24.5 Å². The van der Waals surface area contributed by atoms with Gasteiger partial charge in [0.2, 0.25) is 0 Å². The van der Waals surface area contributed by atoms with Crippen molar-refractivity contribution >= 4 is 23.3 Å². The average molecular weight is 368 g/mol. The molecule has 0 aliphatic carbocycles. The molecule has 7 heteroatoms. The molecule has 0 radical (unpaired) electrons. The summed E-state index contributed by atoms with van der Waals surface area (Å²) in [4.78, 5) is 18.4. The van der Waals surface area contributed by atoms with Crippen molar-refractivity contribution in [3.05, 3.63) is 65.4 Å². The van der Waals surface area contributed by atoms with Gasteiger partial charge in [-0.05, 0) is 36.2 Å². The minimum Gasteiger partial charge on any atom is -0.353 e. The minimum atomic E-state index is -0.0665. The molecule has 2 N–H and O–H groups in total. The summed E-state index contributed by atoms with van der Waals surface area (Å²) in [7, 11) is 0. The Bertz CT molecular complexity index is 894. The average Bonchev–Trinajstić information content (AvgIpc) is 3.32. The number of halogens is 1. The van der Waals surface area contributed by atoms with Crippen LogP contribution in [0.5, 0.6) is 0 Å². The van der Waals surface area contributed by atoms with Gasteiger partial charge in [-0.25, -0.2) is 0 Å². The number of pyridine rings is 1. The topological polar surface area (TPSA) is 73.9 Å². The van der Waals surface area contributed by atoms with Gasteiger partial charge < -0.3 is 10.2 Å².